The monoisotopic (exact) mass is 818 g/mol. The van der Waals surface area contributed by atoms with Crippen molar-refractivity contribution < 1.29 is 0 Å². The minimum atomic E-state index is -0.144. The van der Waals surface area contributed by atoms with Crippen LogP contribution in [-0.4, -0.2) is 4.57 Å². The topological polar surface area (TPSA) is 8.17 Å². The van der Waals surface area contributed by atoms with Crippen LogP contribution in [0.2, 0.25) is 0 Å². The van der Waals surface area contributed by atoms with E-state index in [0.29, 0.717) is 0 Å². The van der Waals surface area contributed by atoms with Gasteiger partial charge in [-0.25, -0.2) is 0 Å². The third-order valence-corrected chi connectivity index (χ3v) is 15.5. The van der Waals surface area contributed by atoms with Crippen molar-refractivity contribution in [2.45, 2.75) is 51.7 Å². The molecule has 12 rings (SSSR count). The predicted octanol–water partition coefficient (Wildman–Crippen LogP) is 16.6. The maximum absolute atomic E-state index is 2.55. The summed E-state index contributed by atoms with van der Waals surface area (Å²) in [6.45, 7) is 4.82. The van der Waals surface area contributed by atoms with E-state index in [-0.39, 0.29) is 5.41 Å². The highest BCUT2D eigenvalue weighted by Crippen LogP contribution is 2.57. The lowest BCUT2D eigenvalue weighted by Gasteiger charge is -2.26. The average molecular weight is 819 g/mol. The molecule has 0 saturated heterocycles. The first-order valence-corrected chi connectivity index (χ1v) is 22.9. The van der Waals surface area contributed by atoms with Gasteiger partial charge in [0.15, 0.2) is 0 Å². The Morgan fingerprint density at radius 3 is 1.90 bits per heavy atom. The molecule has 2 heterocycles. The van der Waals surface area contributed by atoms with Gasteiger partial charge in [0.25, 0.3) is 0 Å². The second-order valence-corrected chi connectivity index (χ2v) is 18.9. The Morgan fingerprint density at radius 2 is 1.18 bits per heavy atom. The summed E-state index contributed by atoms with van der Waals surface area (Å²) in [5.74, 6) is 0. The lowest BCUT2D eigenvalue weighted by molar-refractivity contribution is 0.666. The quantitative estimate of drug-likeness (QED) is 0.165. The van der Waals surface area contributed by atoms with Crippen LogP contribution < -0.4 is 4.90 Å². The van der Waals surface area contributed by atoms with Gasteiger partial charge in [-0.15, -0.1) is 0 Å². The van der Waals surface area contributed by atoms with E-state index >= 15 is 0 Å². The lowest BCUT2D eigenvalue weighted by atomic mass is 9.80. The zero-order valence-electron chi connectivity index (χ0n) is 34.1. The number of nitrogens with zero attached hydrogens (tertiary/aromatic N) is 2. The van der Waals surface area contributed by atoms with E-state index in [2.05, 4.69) is 217 Å². The van der Waals surface area contributed by atoms with Crippen molar-refractivity contribution in [2.24, 2.45) is 0 Å². The number of benzene rings is 8. The molecule has 0 atom stereocenters. The van der Waals surface area contributed by atoms with Gasteiger partial charge in [0.05, 0.1) is 15.9 Å². The Labute approximate surface area is 365 Å². The summed E-state index contributed by atoms with van der Waals surface area (Å²) in [6, 6.07) is 65.4. The van der Waals surface area contributed by atoms with Gasteiger partial charge in [-0.05, 0) is 130 Å². The highest BCUT2D eigenvalue weighted by atomic mass is 32.2. The molecule has 9 aromatic rings. The van der Waals surface area contributed by atoms with Crippen LogP contribution in [0.3, 0.4) is 0 Å². The molecule has 1 aliphatic heterocycles. The highest BCUT2D eigenvalue weighted by Gasteiger charge is 2.38. The van der Waals surface area contributed by atoms with Gasteiger partial charge in [0.1, 0.15) is 0 Å². The minimum absolute atomic E-state index is 0.144. The Morgan fingerprint density at radius 1 is 0.541 bits per heavy atom. The SMILES string of the molecule is CC1(C)c2ccccc2-c2ccc3c(c21)c1ccc2c(c1n3-c1ccc(N(c3ccc(C4=CC=CCC4)cc3)c3ccc(-c4ccccc4)cc3)cc1)Sc1ccccc1S2. The summed E-state index contributed by atoms with van der Waals surface area (Å²) in [5.41, 5.74) is 17.5. The van der Waals surface area contributed by atoms with Crippen LogP contribution in [-0.2, 0) is 5.41 Å². The number of hydrogen-bond acceptors (Lipinski definition) is 3. The first-order valence-electron chi connectivity index (χ1n) is 21.2. The molecule has 0 N–H and O–H groups in total. The number of hydrogen-bond donors (Lipinski definition) is 0. The van der Waals surface area contributed by atoms with Gasteiger partial charge < -0.3 is 9.47 Å². The molecule has 4 heteroatoms. The van der Waals surface area contributed by atoms with Gasteiger partial charge in [0.2, 0.25) is 0 Å². The van der Waals surface area contributed by atoms with Crippen molar-refractivity contribution in [3.05, 3.63) is 211 Å². The number of anilines is 3. The number of aromatic nitrogens is 1. The van der Waals surface area contributed by atoms with E-state index in [4.69, 9.17) is 0 Å². The standard InChI is InChI=1S/C57H42N2S2/c1-57(2)48-18-10-9-17-45(48)46-33-35-49-53(54(46)57)47-34-36-52-56(61-51-20-12-11-19-50(51)60-52)55(47)59(49)44-31-29-43(30-32-44)58(41-25-21-39(22-26-41)37-13-5-3-6-14-37)42-27-23-40(24-28-42)38-15-7-4-8-16-38/h3-7,9-15,17-36H,8,16H2,1-2H3. The maximum Gasteiger partial charge on any atom is 0.0692 e. The fourth-order valence-electron chi connectivity index (χ4n) is 10.0. The summed E-state index contributed by atoms with van der Waals surface area (Å²) in [4.78, 5) is 7.66. The lowest BCUT2D eigenvalue weighted by Crippen LogP contribution is -2.15. The molecule has 61 heavy (non-hydrogen) atoms. The molecule has 292 valence electrons. The Kier molecular flexibility index (Phi) is 8.55. The third-order valence-electron chi connectivity index (χ3n) is 12.9. The fraction of sp³-hybridized carbons (Fsp3) is 0.0877. The molecule has 0 saturated carbocycles. The van der Waals surface area contributed by atoms with Gasteiger partial charge in [-0.1, -0.05) is 159 Å². The molecule has 0 fully saturated rings. The van der Waals surface area contributed by atoms with Crippen LogP contribution in [0, 0.1) is 0 Å². The summed E-state index contributed by atoms with van der Waals surface area (Å²) in [7, 11) is 0. The van der Waals surface area contributed by atoms with Crippen molar-refractivity contribution >= 4 is 68.0 Å². The number of allylic oxidation sites excluding steroid dienone is 4. The van der Waals surface area contributed by atoms with Crippen molar-refractivity contribution in [3.8, 4) is 27.9 Å². The Hall–Kier alpha value is -6.46. The summed E-state index contributed by atoms with van der Waals surface area (Å²) in [6.07, 6.45) is 8.86. The van der Waals surface area contributed by atoms with Crippen LogP contribution in [0.4, 0.5) is 17.1 Å². The van der Waals surface area contributed by atoms with E-state index in [9.17, 15) is 0 Å². The summed E-state index contributed by atoms with van der Waals surface area (Å²) in [5, 5.41) is 2.67. The van der Waals surface area contributed by atoms with E-state index < -0.39 is 0 Å². The van der Waals surface area contributed by atoms with E-state index in [1.807, 2.05) is 23.5 Å². The molecule has 2 aliphatic carbocycles. The molecular weight excluding hydrogens is 777 g/mol. The molecule has 0 radical (unpaired) electrons. The second-order valence-electron chi connectivity index (χ2n) is 16.8. The smallest absolute Gasteiger partial charge is 0.0692 e. The largest absolute Gasteiger partial charge is 0.311 e. The van der Waals surface area contributed by atoms with Gasteiger partial charge >= 0.3 is 0 Å². The molecular formula is C57H42N2S2. The first-order chi connectivity index (χ1) is 30.0. The minimum Gasteiger partial charge on any atom is -0.311 e. The first kappa shape index (κ1) is 36.4. The van der Waals surface area contributed by atoms with Crippen molar-refractivity contribution in [1.82, 2.24) is 4.57 Å². The van der Waals surface area contributed by atoms with E-state index in [1.165, 1.54) is 85.9 Å². The molecule has 1 aromatic heterocycles. The van der Waals surface area contributed by atoms with Crippen molar-refractivity contribution in [3.63, 3.8) is 0 Å². The molecule has 3 aliphatic rings. The van der Waals surface area contributed by atoms with E-state index in [1.54, 1.807) is 0 Å². The van der Waals surface area contributed by atoms with Crippen molar-refractivity contribution in [1.29, 1.82) is 0 Å². The van der Waals surface area contributed by atoms with Crippen LogP contribution in [0.1, 0.15) is 43.4 Å². The highest BCUT2D eigenvalue weighted by molar-refractivity contribution is 8.05. The predicted molar refractivity (Wildman–Crippen MR) is 260 cm³/mol. The molecule has 0 bridgehead atoms. The zero-order valence-corrected chi connectivity index (χ0v) is 35.7. The van der Waals surface area contributed by atoms with E-state index in [0.717, 1.165) is 35.6 Å². The maximum atomic E-state index is 2.55. The van der Waals surface area contributed by atoms with Gasteiger partial charge in [-0.3, -0.25) is 0 Å². The summed E-state index contributed by atoms with van der Waals surface area (Å²) < 4.78 is 2.55. The number of rotatable bonds is 6. The van der Waals surface area contributed by atoms with Crippen LogP contribution >= 0.6 is 23.5 Å². The number of fused-ring (bicyclic) bond motifs is 10. The van der Waals surface area contributed by atoms with Crippen molar-refractivity contribution in [2.75, 3.05) is 4.90 Å². The molecule has 8 aromatic carbocycles. The zero-order chi connectivity index (χ0) is 40.7. The summed E-state index contributed by atoms with van der Waals surface area (Å²) >= 11 is 3.80. The van der Waals surface area contributed by atoms with Crippen LogP contribution in [0.5, 0.6) is 0 Å². The molecule has 0 amide bonds. The molecule has 0 unspecified atom stereocenters. The van der Waals surface area contributed by atoms with Gasteiger partial charge in [0, 0.05) is 53.6 Å². The average Bonchev–Trinajstić information content (AvgIpc) is 3.78. The normalized spacial score (nSPS) is 14.6. The van der Waals surface area contributed by atoms with Gasteiger partial charge in [-0.2, -0.15) is 0 Å². The molecule has 0 spiro atoms. The third kappa shape index (κ3) is 5.88. The second kappa shape index (κ2) is 14.3. The van der Waals surface area contributed by atoms with Crippen LogP contribution in [0.25, 0.3) is 55.3 Å². The Bertz CT molecular complexity index is 3240. The molecule has 2 nitrogen and oxygen atoms in total. The Balaban J connectivity index is 1.03. The van der Waals surface area contributed by atoms with Crippen LogP contribution in [0.15, 0.2) is 214 Å². The fourth-order valence-corrected chi connectivity index (χ4v) is 12.4.